The molecule has 0 saturated carbocycles. The molecule has 0 radical (unpaired) electrons. The predicted molar refractivity (Wildman–Crippen MR) is 104 cm³/mol. The van der Waals surface area contributed by atoms with Gasteiger partial charge in [-0.3, -0.25) is 25.2 Å². The predicted octanol–water partition coefficient (Wildman–Crippen LogP) is 2.60. The standard InChI is InChI=1S/C20H20ClN3O3/c21-17-9-5-4-8-16(17)10-11-19(26)23-24-20(27)13-12-18(25)22-14-15-6-2-1-3-7-15/h1-11H,12-14H2,(H,22,25)(H,23,26)(H,24,27)/b11-10+. The number of rotatable bonds is 7. The molecule has 0 spiro atoms. The number of nitrogens with one attached hydrogen (secondary N) is 3. The highest BCUT2D eigenvalue weighted by molar-refractivity contribution is 6.32. The SMILES string of the molecule is O=C(/C=C/c1ccccc1Cl)NNC(=O)CCC(=O)NCc1ccccc1. The van der Waals surface area contributed by atoms with E-state index in [9.17, 15) is 14.4 Å². The topological polar surface area (TPSA) is 87.3 Å². The zero-order valence-electron chi connectivity index (χ0n) is 14.6. The number of hydrazine groups is 1. The average molecular weight is 386 g/mol. The Labute approximate surface area is 162 Å². The molecule has 0 aliphatic heterocycles. The van der Waals surface area contributed by atoms with Crippen LogP contribution in [-0.4, -0.2) is 17.7 Å². The molecule has 0 unspecified atom stereocenters. The molecular weight excluding hydrogens is 366 g/mol. The van der Waals surface area contributed by atoms with E-state index in [0.29, 0.717) is 17.1 Å². The zero-order chi connectivity index (χ0) is 19.5. The van der Waals surface area contributed by atoms with Gasteiger partial charge in [0.1, 0.15) is 0 Å². The molecule has 0 aliphatic rings. The van der Waals surface area contributed by atoms with Crippen LogP contribution in [0.2, 0.25) is 5.02 Å². The van der Waals surface area contributed by atoms with Crippen molar-refractivity contribution in [3.63, 3.8) is 0 Å². The third-order valence-corrected chi connectivity index (χ3v) is 3.90. The monoisotopic (exact) mass is 385 g/mol. The van der Waals surface area contributed by atoms with Crippen molar-refractivity contribution in [1.82, 2.24) is 16.2 Å². The van der Waals surface area contributed by atoms with Crippen LogP contribution in [0.15, 0.2) is 60.7 Å². The van der Waals surface area contributed by atoms with E-state index < -0.39 is 11.8 Å². The number of amides is 3. The summed E-state index contributed by atoms with van der Waals surface area (Å²) in [6.45, 7) is 0.408. The molecular formula is C20H20ClN3O3. The lowest BCUT2D eigenvalue weighted by molar-refractivity contribution is -0.129. The first-order chi connectivity index (χ1) is 13.0. The Hall–Kier alpha value is -3.12. The smallest absolute Gasteiger partial charge is 0.262 e. The van der Waals surface area contributed by atoms with Gasteiger partial charge in [-0.05, 0) is 23.3 Å². The van der Waals surface area contributed by atoms with Crippen molar-refractivity contribution in [3.8, 4) is 0 Å². The number of benzene rings is 2. The maximum Gasteiger partial charge on any atom is 0.262 e. The fourth-order valence-electron chi connectivity index (χ4n) is 2.12. The maximum atomic E-state index is 11.7. The van der Waals surface area contributed by atoms with Crippen molar-refractivity contribution in [1.29, 1.82) is 0 Å². The first-order valence-corrected chi connectivity index (χ1v) is 8.74. The van der Waals surface area contributed by atoms with Gasteiger partial charge in [-0.1, -0.05) is 60.1 Å². The van der Waals surface area contributed by atoms with Crippen molar-refractivity contribution in [2.45, 2.75) is 19.4 Å². The Morgan fingerprint density at radius 1 is 0.852 bits per heavy atom. The number of hydrogen-bond acceptors (Lipinski definition) is 3. The molecule has 2 aromatic carbocycles. The Morgan fingerprint density at radius 3 is 2.26 bits per heavy atom. The molecule has 0 aliphatic carbocycles. The molecule has 7 heteroatoms. The summed E-state index contributed by atoms with van der Waals surface area (Å²) < 4.78 is 0. The van der Waals surface area contributed by atoms with E-state index in [1.54, 1.807) is 30.3 Å². The summed E-state index contributed by atoms with van der Waals surface area (Å²) in [5.74, 6) is -1.19. The normalized spacial score (nSPS) is 10.4. The van der Waals surface area contributed by atoms with Gasteiger partial charge < -0.3 is 5.32 Å². The van der Waals surface area contributed by atoms with Gasteiger partial charge in [-0.2, -0.15) is 0 Å². The first kappa shape index (κ1) is 20.2. The van der Waals surface area contributed by atoms with Crippen LogP contribution in [0.4, 0.5) is 0 Å². The van der Waals surface area contributed by atoms with Crippen molar-refractivity contribution >= 4 is 35.4 Å². The molecule has 2 rings (SSSR count). The van der Waals surface area contributed by atoms with Gasteiger partial charge in [0.2, 0.25) is 11.8 Å². The Kier molecular flexibility index (Phi) is 8.06. The van der Waals surface area contributed by atoms with E-state index in [1.165, 1.54) is 6.08 Å². The number of carbonyl (C=O) groups is 3. The Bertz CT molecular complexity index is 822. The van der Waals surface area contributed by atoms with Crippen molar-refractivity contribution in [3.05, 3.63) is 76.8 Å². The quantitative estimate of drug-likeness (QED) is 0.505. The van der Waals surface area contributed by atoms with E-state index in [0.717, 1.165) is 5.56 Å². The largest absolute Gasteiger partial charge is 0.352 e. The van der Waals surface area contributed by atoms with E-state index in [4.69, 9.17) is 11.6 Å². The van der Waals surface area contributed by atoms with Gasteiger partial charge in [0.15, 0.2) is 0 Å². The number of hydrogen-bond donors (Lipinski definition) is 3. The summed E-state index contributed by atoms with van der Waals surface area (Å²) in [7, 11) is 0. The number of halogens is 1. The molecule has 0 heterocycles. The molecule has 0 fully saturated rings. The molecule has 0 bridgehead atoms. The second-order valence-corrected chi connectivity index (χ2v) is 6.06. The van der Waals surface area contributed by atoms with Crippen LogP contribution >= 0.6 is 11.6 Å². The van der Waals surface area contributed by atoms with Crippen molar-refractivity contribution < 1.29 is 14.4 Å². The summed E-state index contributed by atoms with van der Waals surface area (Å²) in [5.41, 5.74) is 6.18. The van der Waals surface area contributed by atoms with Gasteiger partial charge in [0.25, 0.3) is 5.91 Å². The molecule has 3 amide bonds. The van der Waals surface area contributed by atoms with Gasteiger partial charge in [0, 0.05) is 30.5 Å². The first-order valence-electron chi connectivity index (χ1n) is 8.36. The van der Waals surface area contributed by atoms with Crippen LogP contribution in [0, 0.1) is 0 Å². The lowest BCUT2D eigenvalue weighted by Crippen LogP contribution is -2.41. The summed E-state index contributed by atoms with van der Waals surface area (Å²) in [5, 5.41) is 3.25. The van der Waals surface area contributed by atoms with E-state index in [-0.39, 0.29) is 18.7 Å². The molecule has 0 saturated heterocycles. The zero-order valence-corrected chi connectivity index (χ0v) is 15.3. The van der Waals surface area contributed by atoms with Gasteiger partial charge in [-0.25, -0.2) is 0 Å². The average Bonchev–Trinajstić information content (AvgIpc) is 2.69. The van der Waals surface area contributed by atoms with Crippen LogP contribution in [0.25, 0.3) is 6.08 Å². The summed E-state index contributed by atoms with van der Waals surface area (Å²) in [6, 6.07) is 16.5. The van der Waals surface area contributed by atoms with Crippen LogP contribution in [0.1, 0.15) is 24.0 Å². The van der Waals surface area contributed by atoms with Crippen molar-refractivity contribution in [2.75, 3.05) is 0 Å². The minimum Gasteiger partial charge on any atom is -0.352 e. The van der Waals surface area contributed by atoms with Gasteiger partial charge in [-0.15, -0.1) is 0 Å². The molecule has 0 aromatic heterocycles. The number of carbonyl (C=O) groups excluding carboxylic acids is 3. The molecule has 27 heavy (non-hydrogen) atoms. The fraction of sp³-hybridized carbons (Fsp3) is 0.150. The Morgan fingerprint density at radius 2 is 1.52 bits per heavy atom. The summed E-state index contributed by atoms with van der Waals surface area (Å²) in [6.07, 6.45) is 2.80. The van der Waals surface area contributed by atoms with Gasteiger partial charge >= 0.3 is 0 Å². The lowest BCUT2D eigenvalue weighted by atomic mass is 10.2. The van der Waals surface area contributed by atoms with Crippen LogP contribution in [0.5, 0.6) is 0 Å². The highest BCUT2D eigenvalue weighted by atomic mass is 35.5. The van der Waals surface area contributed by atoms with Crippen LogP contribution < -0.4 is 16.2 Å². The molecule has 3 N–H and O–H groups in total. The fourth-order valence-corrected chi connectivity index (χ4v) is 2.32. The van der Waals surface area contributed by atoms with Gasteiger partial charge in [0.05, 0.1) is 0 Å². The Balaban J connectivity index is 1.64. The third-order valence-electron chi connectivity index (χ3n) is 3.56. The van der Waals surface area contributed by atoms with Crippen molar-refractivity contribution in [2.24, 2.45) is 0 Å². The summed E-state index contributed by atoms with van der Waals surface area (Å²) in [4.78, 5) is 35.1. The highest BCUT2D eigenvalue weighted by Gasteiger charge is 2.07. The van der Waals surface area contributed by atoms with E-state index >= 15 is 0 Å². The molecule has 2 aromatic rings. The lowest BCUT2D eigenvalue weighted by Gasteiger charge is -2.07. The summed E-state index contributed by atoms with van der Waals surface area (Å²) >= 11 is 5.98. The van der Waals surface area contributed by atoms with E-state index in [1.807, 2.05) is 30.3 Å². The highest BCUT2D eigenvalue weighted by Crippen LogP contribution is 2.15. The maximum absolute atomic E-state index is 11.7. The minimum atomic E-state index is -0.503. The second-order valence-electron chi connectivity index (χ2n) is 5.65. The third kappa shape index (κ3) is 7.75. The minimum absolute atomic E-state index is 0.0317. The molecule has 6 nitrogen and oxygen atoms in total. The van der Waals surface area contributed by atoms with Crippen LogP contribution in [0.3, 0.4) is 0 Å². The molecule has 0 atom stereocenters. The van der Waals surface area contributed by atoms with Crippen LogP contribution in [-0.2, 0) is 20.9 Å². The molecule has 140 valence electrons. The van der Waals surface area contributed by atoms with E-state index in [2.05, 4.69) is 16.2 Å². The second kappa shape index (κ2) is 10.8.